The summed E-state index contributed by atoms with van der Waals surface area (Å²) < 4.78 is 24.9. The van der Waals surface area contributed by atoms with Crippen LogP contribution in [0.2, 0.25) is 5.02 Å². The van der Waals surface area contributed by atoms with Crippen LogP contribution in [0.25, 0.3) is 0 Å². The number of hydrogen-bond acceptors (Lipinski definition) is 3. The molecule has 0 aliphatic rings. The molecule has 3 aromatic carbocycles. The highest BCUT2D eigenvalue weighted by atomic mass is 35.5. The third-order valence-electron chi connectivity index (χ3n) is 4.07. The lowest BCUT2D eigenvalue weighted by Crippen LogP contribution is -2.01. The molecular weight excluding hydrogens is 377 g/mol. The average Bonchev–Trinajstić information content (AvgIpc) is 2.67. The number of halogens is 2. The molecule has 0 bridgehead atoms. The van der Waals surface area contributed by atoms with Gasteiger partial charge in [0.1, 0.15) is 12.4 Å². The molecule has 0 unspecified atom stereocenters. The van der Waals surface area contributed by atoms with E-state index < -0.39 is 0 Å². The summed E-state index contributed by atoms with van der Waals surface area (Å²) in [5, 5.41) is 0.411. The van der Waals surface area contributed by atoms with E-state index in [0.717, 1.165) is 16.8 Å². The summed E-state index contributed by atoms with van der Waals surface area (Å²) in [7, 11) is 0. The summed E-state index contributed by atoms with van der Waals surface area (Å²) in [5.74, 6) is 0.651. The van der Waals surface area contributed by atoms with Crippen molar-refractivity contribution < 1.29 is 13.9 Å². The normalized spacial score (nSPS) is 11.0. The standard InChI is InChI=1S/C23H21ClFNO2/c1-3-27-22-13-18(14-26-21-10-5-4-7-16(21)2)12-20(24)23(22)28-15-17-8-6-9-19(25)11-17/h4-14H,3,15H2,1-2H3. The van der Waals surface area contributed by atoms with Crippen molar-refractivity contribution in [3.8, 4) is 11.5 Å². The van der Waals surface area contributed by atoms with E-state index in [-0.39, 0.29) is 12.4 Å². The molecule has 3 aromatic rings. The minimum Gasteiger partial charge on any atom is -0.490 e. The molecule has 0 fully saturated rings. The Morgan fingerprint density at radius 1 is 1.04 bits per heavy atom. The van der Waals surface area contributed by atoms with Gasteiger partial charge in [0.15, 0.2) is 11.5 Å². The molecule has 0 atom stereocenters. The fourth-order valence-corrected chi connectivity index (χ4v) is 2.97. The van der Waals surface area contributed by atoms with Gasteiger partial charge in [0.25, 0.3) is 0 Å². The van der Waals surface area contributed by atoms with Crippen LogP contribution >= 0.6 is 11.6 Å². The van der Waals surface area contributed by atoms with Gasteiger partial charge < -0.3 is 9.47 Å². The Bertz CT molecular complexity index is 988. The Kier molecular flexibility index (Phi) is 6.66. The molecule has 0 N–H and O–H groups in total. The number of nitrogens with zero attached hydrogens (tertiary/aromatic N) is 1. The Hall–Kier alpha value is -2.85. The maximum atomic E-state index is 13.4. The first kappa shape index (κ1) is 19.9. The van der Waals surface area contributed by atoms with Crippen molar-refractivity contribution in [3.63, 3.8) is 0 Å². The summed E-state index contributed by atoms with van der Waals surface area (Å²) in [4.78, 5) is 4.53. The van der Waals surface area contributed by atoms with Crippen molar-refractivity contribution >= 4 is 23.5 Å². The molecule has 3 rings (SSSR count). The van der Waals surface area contributed by atoms with Gasteiger partial charge in [-0.15, -0.1) is 0 Å². The SMILES string of the molecule is CCOc1cc(C=Nc2ccccc2C)cc(Cl)c1OCc1cccc(F)c1. The number of ether oxygens (including phenoxy) is 2. The molecule has 0 heterocycles. The minimum atomic E-state index is -0.306. The van der Waals surface area contributed by atoms with Crippen molar-refractivity contribution in [2.75, 3.05) is 6.61 Å². The number of aryl methyl sites for hydroxylation is 1. The van der Waals surface area contributed by atoms with Crippen LogP contribution in [-0.4, -0.2) is 12.8 Å². The van der Waals surface area contributed by atoms with Crippen LogP contribution in [0.15, 0.2) is 65.7 Å². The van der Waals surface area contributed by atoms with Gasteiger partial charge in [-0.2, -0.15) is 0 Å². The van der Waals surface area contributed by atoms with Crippen molar-refractivity contribution in [3.05, 3.63) is 88.2 Å². The zero-order valence-corrected chi connectivity index (χ0v) is 16.5. The number of aliphatic imine (C=N–C) groups is 1. The van der Waals surface area contributed by atoms with E-state index in [1.54, 1.807) is 24.4 Å². The van der Waals surface area contributed by atoms with Crippen LogP contribution in [0, 0.1) is 12.7 Å². The molecule has 0 aliphatic heterocycles. The van der Waals surface area contributed by atoms with E-state index in [0.29, 0.717) is 28.7 Å². The van der Waals surface area contributed by atoms with Crippen molar-refractivity contribution in [1.29, 1.82) is 0 Å². The van der Waals surface area contributed by atoms with Crippen molar-refractivity contribution in [1.82, 2.24) is 0 Å². The third-order valence-corrected chi connectivity index (χ3v) is 4.35. The maximum Gasteiger partial charge on any atom is 0.180 e. The Morgan fingerprint density at radius 3 is 2.61 bits per heavy atom. The molecule has 0 saturated carbocycles. The van der Waals surface area contributed by atoms with Crippen LogP contribution in [0.1, 0.15) is 23.6 Å². The van der Waals surface area contributed by atoms with Crippen LogP contribution in [-0.2, 0) is 6.61 Å². The highest BCUT2D eigenvalue weighted by Gasteiger charge is 2.13. The summed E-state index contributed by atoms with van der Waals surface area (Å²) in [6, 6.07) is 17.7. The van der Waals surface area contributed by atoms with E-state index in [2.05, 4.69) is 4.99 Å². The van der Waals surface area contributed by atoms with Crippen LogP contribution < -0.4 is 9.47 Å². The summed E-state index contributed by atoms with van der Waals surface area (Å²) >= 11 is 6.44. The van der Waals surface area contributed by atoms with E-state index in [1.807, 2.05) is 44.2 Å². The highest BCUT2D eigenvalue weighted by Crippen LogP contribution is 2.37. The fraction of sp³-hybridized carbons (Fsp3) is 0.174. The van der Waals surface area contributed by atoms with Crippen molar-refractivity contribution in [2.24, 2.45) is 4.99 Å². The zero-order valence-electron chi connectivity index (χ0n) is 15.8. The molecule has 0 amide bonds. The largest absolute Gasteiger partial charge is 0.490 e. The van der Waals surface area contributed by atoms with E-state index in [4.69, 9.17) is 21.1 Å². The molecule has 0 aromatic heterocycles. The van der Waals surface area contributed by atoms with Gasteiger partial charge in [0, 0.05) is 6.21 Å². The average molecular weight is 398 g/mol. The van der Waals surface area contributed by atoms with Crippen LogP contribution in [0.3, 0.4) is 0 Å². The highest BCUT2D eigenvalue weighted by molar-refractivity contribution is 6.32. The smallest absolute Gasteiger partial charge is 0.180 e. The van der Waals surface area contributed by atoms with Gasteiger partial charge in [0.05, 0.1) is 17.3 Å². The molecule has 0 saturated heterocycles. The minimum absolute atomic E-state index is 0.189. The molecule has 0 aliphatic carbocycles. The topological polar surface area (TPSA) is 30.8 Å². The van der Waals surface area contributed by atoms with Gasteiger partial charge in [-0.3, -0.25) is 4.99 Å². The van der Waals surface area contributed by atoms with Gasteiger partial charge in [0.2, 0.25) is 0 Å². The summed E-state index contributed by atoms with van der Waals surface area (Å²) in [5.41, 5.74) is 3.49. The van der Waals surface area contributed by atoms with Gasteiger partial charge in [-0.25, -0.2) is 4.39 Å². The lowest BCUT2D eigenvalue weighted by molar-refractivity contribution is 0.269. The third kappa shape index (κ3) is 5.11. The first-order valence-corrected chi connectivity index (χ1v) is 9.38. The van der Waals surface area contributed by atoms with Crippen molar-refractivity contribution in [2.45, 2.75) is 20.5 Å². The number of para-hydroxylation sites is 1. The first-order chi connectivity index (χ1) is 13.6. The molecule has 0 spiro atoms. The summed E-state index contributed by atoms with van der Waals surface area (Å²) in [6.07, 6.45) is 1.74. The number of rotatable bonds is 7. The molecule has 5 heteroatoms. The molecule has 0 radical (unpaired) electrons. The summed E-state index contributed by atoms with van der Waals surface area (Å²) in [6.45, 7) is 4.55. The predicted molar refractivity (Wildman–Crippen MR) is 112 cm³/mol. The second-order valence-corrected chi connectivity index (χ2v) is 6.63. The van der Waals surface area contributed by atoms with Crippen LogP contribution in [0.5, 0.6) is 11.5 Å². The second-order valence-electron chi connectivity index (χ2n) is 6.23. The van der Waals surface area contributed by atoms with Crippen LogP contribution in [0.4, 0.5) is 10.1 Å². The van der Waals surface area contributed by atoms with E-state index in [1.165, 1.54) is 12.1 Å². The monoisotopic (exact) mass is 397 g/mol. The molecule has 28 heavy (non-hydrogen) atoms. The fourth-order valence-electron chi connectivity index (χ4n) is 2.70. The maximum absolute atomic E-state index is 13.4. The van der Waals surface area contributed by atoms with Gasteiger partial charge in [-0.05, 0) is 60.9 Å². The first-order valence-electron chi connectivity index (χ1n) is 9.00. The van der Waals surface area contributed by atoms with E-state index >= 15 is 0 Å². The Balaban J connectivity index is 1.84. The predicted octanol–water partition coefficient (Wildman–Crippen LogP) is 6.52. The second kappa shape index (κ2) is 9.38. The lowest BCUT2D eigenvalue weighted by Gasteiger charge is -2.14. The Labute approximate surface area is 169 Å². The molecule has 3 nitrogen and oxygen atoms in total. The van der Waals surface area contributed by atoms with Gasteiger partial charge >= 0.3 is 0 Å². The number of hydrogen-bond donors (Lipinski definition) is 0. The Morgan fingerprint density at radius 2 is 1.86 bits per heavy atom. The lowest BCUT2D eigenvalue weighted by atomic mass is 10.2. The number of benzene rings is 3. The zero-order chi connectivity index (χ0) is 19.9. The quantitative estimate of drug-likeness (QED) is 0.425. The van der Waals surface area contributed by atoms with E-state index in [9.17, 15) is 4.39 Å². The molecular formula is C23H21ClFNO2. The molecule has 144 valence electrons. The van der Waals surface area contributed by atoms with Gasteiger partial charge in [-0.1, -0.05) is 41.9 Å².